The van der Waals surface area contributed by atoms with E-state index in [0.717, 1.165) is 45.5 Å². The number of nitrogens with zero attached hydrogens (tertiary/aromatic N) is 3. The molecule has 0 spiro atoms. The van der Waals surface area contributed by atoms with Crippen LogP contribution >= 0.6 is 47.5 Å². The highest BCUT2D eigenvalue weighted by Gasteiger charge is 2.30. The zero-order valence-electron chi connectivity index (χ0n) is 13.4. The molecule has 130 valence electrons. The third-order valence-electron chi connectivity index (χ3n) is 3.75. The van der Waals surface area contributed by atoms with Crippen molar-refractivity contribution in [3.05, 3.63) is 10.9 Å². The molecule has 2 aromatic heterocycles. The van der Waals surface area contributed by atoms with Crippen LogP contribution in [-0.2, 0) is 0 Å². The smallest absolute Gasteiger partial charge is 0.264 e. The van der Waals surface area contributed by atoms with Crippen molar-refractivity contribution >= 4 is 68.1 Å². The molecule has 1 unspecified atom stereocenters. The van der Waals surface area contributed by atoms with Gasteiger partial charge in [0.1, 0.15) is 4.83 Å². The lowest BCUT2D eigenvalue weighted by Crippen LogP contribution is -2.40. The van der Waals surface area contributed by atoms with Crippen LogP contribution in [0.4, 0.5) is 5.13 Å². The molecular weight excluding hydrogens is 375 g/mol. The van der Waals surface area contributed by atoms with Crippen molar-refractivity contribution in [1.82, 2.24) is 15.2 Å². The highest BCUT2D eigenvalue weighted by atomic mass is 35.5. The van der Waals surface area contributed by atoms with Crippen molar-refractivity contribution < 1.29 is 4.79 Å². The minimum atomic E-state index is 0. The van der Waals surface area contributed by atoms with Crippen LogP contribution in [0.25, 0.3) is 9.53 Å². The quantitative estimate of drug-likeness (QED) is 0.862. The van der Waals surface area contributed by atoms with Gasteiger partial charge in [-0.15, -0.1) is 36.2 Å². The molecule has 3 rings (SSSR count). The van der Waals surface area contributed by atoms with Gasteiger partial charge < -0.3 is 15.1 Å². The number of halogens is 2. The Labute approximate surface area is 156 Å². The Morgan fingerprint density at radius 2 is 2.17 bits per heavy atom. The van der Waals surface area contributed by atoms with Crippen LogP contribution in [0.2, 0.25) is 0 Å². The number of nitrogens with one attached hydrogen (secondary N) is 1. The average molecular weight is 397 g/mol. The van der Waals surface area contributed by atoms with Gasteiger partial charge in [0.2, 0.25) is 0 Å². The SMILES string of the molecule is CNCC1CCCN1C(=O)c1cc2sc(N(C)C)nc2s1.Cl.Cl. The van der Waals surface area contributed by atoms with Crippen LogP contribution in [0.3, 0.4) is 0 Å². The molecule has 2 aromatic rings. The predicted octanol–water partition coefficient (Wildman–Crippen LogP) is 3.09. The lowest BCUT2D eigenvalue weighted by Gasteiger charge is -2.23. The second-order valence-corrected chi connectivity index (χ2v) is 7.56. The number of carbonyl (C=O) groups excluding carboxylic acids is 1. The van der Waals surface area contributed by atoms with Gasteiger partial charge in [0.05, 0.1) is 9.58 Å². The number of thiazole rings is 1. The number of hydrogen-bond donors (Lipinski definition) is 1. The Morgan fingerprint density at radius 1 is 1.43 bits per heavy atom. The number of amides is 1. The Hall–Kier alpha value is -0.600. The molecule has 1 N–H and O–H groups in total. The number of aromatic nitrogens is 1. The minimum Gasteiger partial charge on any atom is -0.354 e. The minimum absolute atomic E-state index is 0. The van der Waals surface area contributed by atoms with E-state index in [0.29, 0.717) is 6.04 Å². The molecule has 23 heavy (non-hydrogen) atoms. The van der Waals surface area contributed by atoms with Crippen molar-refractivity contribution in [2.24, 2.45) is 0 Å². The Balaban J connectivity index is 0.00000132. The number of rotatable bonds is 4. The monoisotopic (exact) mass is 396 g/mol. The molecule has 0 radical (unpaired) electrons. The summed E-state index contributed by atoms with van der Waals surface area (Å²) in [6, 6.07) is 2.33. The molecule has 1 aliphatic rings. The molecule has 1 aliphatic heterocycles. The van der Waals surface area contributed by atoms with Crippen LogP contribution in [-0.4, -0.2) is 56.1 Å². The summed E-state index contributed by atoms with van der Waals surface area (Å²) in [5.74, 6) is 0.161. The van der Waals surface area contributed by atoms with Gasteiger partial charge in [-0.1, -0.05) is 11.3 Å². The number of carbonyl (C=O) groups is 1. The largest absolute Gasteiger partial charge is 0.354 e. The van der Waals surface area contributed by atoms with Crippen LogP contribution in [0, 0.1) is 0 Å². The molecule has 0 aliphatic carbocycles. The third kappa shape index (κ3) is 4.09. The fourth-order valence-corrected chi connectivity index (χ4v) is 4.80. The summed E-state index contributed by atoms with van der Waals surface area (Å²) >= 11 is 3.15. The van der Waals surface area contributed by atoms with E-state index >= 15 is 0 Å². The maximum Gasteiger partial charge on any atom is 0.264 e. The summed E-state index contributed by atoms with van der Waals surface area (Å²) in [4.78, 5) is 23.1. The first kappa shape index (κ1) is 20.4. The summed E-state index contributed by atoms with van der Waals surface area (Å²) < 4.78 is 1.11. The van der Waals surface area contributed by atoms with E-state index < -0.39 is 0 Å². The molecule has 0 saturated carbocycles. The second-order valence-electron chi connectivity index (χ2n) is 5.52. The van der Waals surface area contributed by atoms with E-state index in [2.05, 4.69) is 10.3 Å². The van der Waals surface area contributed by atoms with Crippen molar-refractivity contribution in [1.29, 1.82) is 0 Å². The predicted molar refractivity (Wildman–Crippen MR) is 104 cm³/mol. The molecule has 1 atom stereocenters. The summed E-state index contributed by atoms with van der Waals surface area (Å²) in [6.07, 6.45) is 2.19. The highest BCUT2D eigenvalue weighted by molar-refractivity contribution is 7.29. The fraction of sp³-hybridized carbons (Fsp3) is 0.571. The highest BCUT2D eigenvalue weighted by Crippen LogP contribution is 2.35. The molecule has 3 heterocycles. The number of fused-ring (bicyclic) bond motifs is 1. The van der Waals surface area contributed by atoms with E-state index in [9.17, 15) is 4.79 Å². The molecule has 0 aromatic carbocycles. The first-order valence-electron chi connectivity index (χ1n) is 7.13. The van der Waals surface area contributed by atoms with Gasteiger partial charge in [-0.25, -0.2) is 4.98 Å². The summed E-state index contributed by atoms with van der Waals surface area (Å²) in [7, 11) is 5.91. The number of likely N-dealkylation sites (tertiary alicyclic amines) is 1. The average Bonchev–Trinajstić information content (AvgIpc) is 3.11. The third-order valence-corrected chi connectivity index (χ3v) is 6.07. The standard InChI is InChI=1S/C14H20N4OS2.2ClH/c1-15-8-9-5-4-6-18(9)13(19)11-7-10-12(20-11)16-14(21-10)17(2)3;;/h7,9,15H,4-6,8H2,1-3H3;2*1H. The fourth-order valence-electron chi connectivity index (χ4n) is 2.71. The van der Waals surface area contributed by atoms with E-state index in [1.807, 2.05) is 37.0 Å². The number of anilines is 1. The van der Waals surface area contributed by atoms with Crippen molar-refractivity contribution in [3.8, 4) is 0 Å². The van der Waals surface area contributed by atoms with Crippen LogP contribution in [0.5, 0.6) is 0 Å². The Bertz CT molecular complexity index is 627. The van der Waals surface area contributed by atoms with Gasteiger partial charge >= 0.3 is 0 Å². The molecule has 5 nitrogen and oxygen atoms in total. The van der Waals surface area contributed by atoms with Crippen LogP contribution < -0.4 is 10.2 Å². The lowest BCUT2D eigenvalue weighted by molar-refractivity contribution is 0.0742. The second kappa shape index (κ2) is 8.48. The summed E-state index contributed by atoms with van der Waals surface area (Å²) in [5, 5.41) is 4.17. The zero-order valence-corrected chi connectivity index (χ0v) is 16.6. The Kier molecular flexibility index (Phi) is 7.54. The number of likely N-dealkylation sites (N-methyl/N-ethyl adjacent to an activating group) is 1. The van der Waals surface area contributed by atoms with Crippen LogP contribution in [0.1, 0.15) is 22.5 Å². The Morgan fingerprint density at radius 3 is 2.78 bits per heavy atom. The molecule has 9 heteroatoms. The molecule has 1 saturated heterocycles. The van der Waals surface area contributed by atoms with Gasteiger partial charge in [0.25, 0.3) is 5.91 Å². The van der Waals surface area contributed by atoms with Crippen molar-refractivity contribution in [3.63, 3.8) is 0 Å². The van der Waals surface area contributed by atoms with E-state index in [-0.39, 0.29) is 30.7 Å². The summed E-state index contributed by atoms with van der Waals surface area (Å²) in [5.41, 5.74) is 0. The first-order chi connectivity index (χ1) is 10.1. The maximum atomic E-state index is 12.7. The van der Waals surface area contributed by atoms with Gasteiger partial charge in [-0.2, -0.15) is 0 Å². The van der Waals surface area contributed by atoms with Crippen molar-refractivity contribution in [2.45, 2.75) is 18.9 Å². The van der Waals surface area contributed by atoms with Gasteiger partial charge in [-0.05, 0) is 26.0 Å². The van der Waals surface area contributed by atoms with E-state index in [1.165, 1.54) is 11.3 Å². The molecule has 1 amide bonds. The zero-order chi connectivity index (χ0) is 15.0. The number of hydrogen-bond acceptors (Lipinski definition) is 6. The van der Waals surface area contributed by atoms with Gasteiger partial charge in [0, 0.05) is 33.2 Å². The maximum absolute atomic E-state index is 12.7. The van der Waals surface area contributed by atoms with E-state index in [1.54, 1.807) is 11.3 Å². The molecular formula is C14H22Cl2N4OS2. The first-order valence-corrected chi connectivity index (χ1v) is 8.76. The molecule has 1 fully saturated rings. The topological polar surface area (TPSA) is 48.5 Å². The van der Waals surface area contributed by atoms with Gasteiger partial charge in [0.15, 0.2) is 5.13 Å². The number of thiophene rings is 1. The van der Waals surface area contributed by atoms with Crippen molar-refractivity contribution in [2.75, 3.05) is 39.1 Å². The van der Waals surface area contributed by atoms with E-state index in [4.69, 9.17) is 0 Å². The summed E-state index contributed by atoms with van der Waals surface area (Å²) in [6.45, 7) is 1.74. The van der Waals surface area contributed by atoms with Gasteiger partial charge in [-0.3, -0.25) is 4.79 Å². The normalized spacial score (nSPS) is 17.0. The molecule has 0 bridgehead atoms. The lowest BCUT2D eigenvalue weighted by atomic mass is 10.2. The van der Waals surface area contributed by atoms with Crippen LogP contribution in [0.15, 0.2) is 6.07 Å².